The fourth-order valence-electron chi connectivity index (χ4n) is 2.60. The zero-order chi connectivity index (χ0) is 15.7. The van der Waals surface area contributed by atoms with Crippen LogP contribution in [0.5, 0.6) is 0 Å². The lowest BCUT2D eigenvalue weighted by atomic mass is 9.93. The Morgan fingerprint density at radius 3 is 2.68 bits per heavy atom. The standard InChI is InChI=1S/C18H15NO3/c1-2-3-4-5-7-12-10-13-8-6-9-14-16(13)15(11-12)18(21)19(22)17(14)20/h6,8-11,22H,2-4H2,1H3. The van der Waals surface area contributed by atoms with Crippen molar-refractivity contribution in [2.45, 2.75) is 26.2 Å². The molecule has 1 N–H and O–H groups in total. The summed E-state index contributed by atoms with van der Waals surface area (Å²) in [5, 5.41) is 11.2. The molecule has 3 rings (SSSR count). The third kappa shape index (κ3) is 2.26. The number of imide groups is 1. The maximum absolute atomic E-state index is 12.1. The van der Waals surface area contributed by atoms with Crippen LogP contribution in [-0.4, -0.2) is 22.1 Å². The van der Waals surface area contributed by atoms with Crippen molar-refractivity contribution in [2.75, 3.05) is 0 Å². The number of unbranched alkanes of at least 4 members (excludes halogenated alkanes) is 2. The Morgan fingerprint density at radius 2 is 1.91 bits per heavy atom. The zero-order valence-electron chi connectivity index (χ0n) is 12.2. The highest BCUT2D eigenvalue weighted by atomic mass is 16.5. The summed E-state index contributed by atoms with van der Waals surface area (Å²) in [4.78, 5) is 24.1. The van der Waals surface area contributed by atoms with Crippen LogP contribution < -0.4 is 0 Å². The van der Waals surface area contributed by atoms with Gasteiger partial charge in [-0.3, -0.25) is 14.8 Å². The molecule has 0 aromatic heterocycles. The average Bonchev–Trinajstić information content (AvgIpc) is 2.54. The predicted octanol–water partition coefficient (Wildman–Crippen LogP) is 3.37. The fourth-order valence-corrected chi connectivity index (χ4v) is 2.60. The lowest BCUT2D eigenvalue weighted by molar-refractivity contribution is -0.0377. The largest absolute Gasteiger partial charge is 0.285 e. The second-order valence-electron chi connectivity index (χ2n) is 5.25. The quantitative estimate of drug-likeness (QED) is 0.400. The average molecular weight is 293 g/mol. The van der Waals surface area contributed by atoms with Crippen LogP contribution in [0.2, 0.25) is 0 Å². The molecule has 22 heavy (non-hydrogen) atoms. The van der Waals surface area contributed by atoms with Gasteiger partial charge in [0.2, 0.25) is 0 Å². The van der Waals surface area contributed by atoms with Gasteiger partial charge in [-0.2, -0.15) is 0 Å². The van der Waals surface area contributed by atoms with Gasteiger partial charge in [-0.05, 0) is 30.0 Å². The lowest BCUT2D eigenvalue weighted by Crippen LogP contribution is -2.37. The number of hydroxylamine groups is 2. The van der Waals surface area contributed by atoms with E-state index in [-0.39, 0.29) is 5.06 Å². The molecule has 0 atom stereocenters. The van der Waals surface area contributed by atoms with Crippen molar-refractivity contribution in [1.29, 1.82) is 0 Å². The minimum atomic E-state index is -0.703. The normalized spacial score (nSPS) is 13.3. The monoisotopic (exact) mass is 293 g/mol. The first-order valence-corrected chi connectivity index (χ1v) is 7.26. The van der Waals surface area contributed by atoms with E-state index in [0.29, 0.717) is 22.1 Å². The molecule has 0 aliphatic carbocycles. The number of hydrogen-bond acceptors (Lipinski definition) is 3. The molecule has 0 radical (unpaired) electrons. The third-order valence-corrected chi connectivity index (χ3v) is 3.71. The lowest BCUT2D eigenvalue weighted by Gasteiger charge is -2.21. The second kappa shape index (κ2) is 5.63. The first kappa shape index (κ1) is 14.3. The maximum atomic E-state index is 12.1. The molecule has 2 aromatic carbocycles. The van der Waals surface area contributed by atoms with Gasteiger partial charge < -0.3 is 0 Å². The summed E-state index contributed by atoms with van der Waals surface area (Å²) in [5.74, 6) is 4.74. The third-order valence-electron chi connectivity index (χ3n) is 3.71. The van der Waals surface area contributed by atoms with Gasteiger partial charge in [0.05, 0.1) is 11.1 Å². The molecule has 0 saturated carbocycles. The van der Waals surface area contributed by atoms with E-state index in [0.717, 1.165) is 24.6 Å². The molecule has 0 fully saturated rings. The number of amides is 2. The van der Waals surface area contributed by atoms with Crippen molar-refractivity contribution in [3.8, 4) is 11.8 Å². The second-order valence-corrected chi connectivity index (χ2v) is 5.25. The van der Waals surface area contributed by atoms with Crippen LogP contribution in [0.1, 0.15) is 52.5 Å². The summed E-state index contributed by atoms with van der Waals surface area (Å²) in [5.41, 5.74) is 1.36. The summed E-state index contributed by atoms with van der Waals surface area (Å²) in [6.45, 7) is 2.11. The van der Waals surface area contributed by atoms with Crippen LogP contribution in [0.25, 0.3) is 10.8 Å². The summed E-state index contributed by atoms with van der Waals surface area (Å²) in [6, 6.07) is 8.69. The van der Waals surface area contributed by atoms with E-state index in [1.54, 1.807) is 18.2 Å². The number of benzene rings is 2. The summed E-state index contributed by atoms with van der Waals surface area (Å²) >= 11 is 0. The highest BCUT2D eigenvalue weighted by Crippen LogP contribution is 2.30. The van der Waals surface area contributed by atoms with Gasteiger partial charge in [-0.15, -0.1) is 5.06 Å². The minimum Gasteiger partial charge on any atom is -0.278 e. The smallest absolute Gasteiger partial charge is 0.278 e. The van der Waals surface area contributed by atoms with Crippen molar-refractivity contribution in [1.82, 2.24) is 5.06 Å². The van der Waals surface area contributed by atoms with Gasteiger partial charge in [0, 0.05) is 17.4 Å². The molecule has 2 amide bonds. The van der Waals surface area contributed by atoms with E-state index in [4.69, 9.17) is 0 Å². The van der Waals surface area contributed by atoms with E-state index in [1.807, 2.05) is 12.1 Å². The first-order valence-electron chi connectivity index (χ1n) is 7.26. The Bertz CT molecular complexity index is 843. The first-order chi connectivity index (χ1) is 10.6. The molecular formula is C18H15NO3. The molecule has 2 aromatic rings. The molecule has 0 saturated heterocycles. The van der Waals surface area contributed by atoms with Crippen LogP contribution in [-0.2, 0) is 0 Å². The Hall–Kier alpha value is -2.64. The molecule has 0 bridgehead atoms. The SMILES string of the molecule is CCCCC#Cc1cc2c3c(cccc3c1)C(=O)N(O)C2=O. The van der Waals surface area contributed by atoms with E-state index < -0.39 is 11.8 Å². The molecule has 110 valence electrons. The Morgan fingerprint density at radius 1 is 1.14 bits per heavy atom. The summed E-state index contributed by atoms with van der Waals surface area (Å²) in [6.07, 6.45) is 2.93. The van der Waals surface area contributed by atoms with Crippen LogP contribution in [0.3, 0.4) is 0 Å². The van der Waals surface area contributed by atoms with Gasteiger partial charge in [-0.25, -0.2) is 0 Å². The van der Waals surface area contributed by atoms with E-state index in [9.17, 15) is 14.8 Å². The Balaban J connectivity index is 2.17. The van der Waals surface area contributed by atoms with Gasteiger partial charge >= 0.3 is 0 Å². The molecule has 1 aliphatic rings. The van der Waals surface area contributed by atoms with Gasteiger partial charge in [0.15, 0.2) is 0 Å². The molecule has 1 heterocycles. The highest BCUT2D eigenvalue weighted by molar-refractivity contribution is 6.24. The van der Waals surface area contributed by atoms with Crippen molar-refractivity contribution in [2.24, 2.45) is 0 Å². The molecule has 4 nitrogen and oxygen atoms in total. The fraction of sp³-hybridized carbons (Fsp3) is 0.222. The van der Waals surface area contributed by atoms with Crippen LogP contribution in [0, 0.1) is 11.8 Å². The van der Waals surface area contributed by atoms with Gasteiger partial charge in [0.25, 0.3) is 11.8 Å². The number of carbonyl (C=O) groups excluding carboxylic acids is 2. The van der Waals surface area contributed by atoms with Crippen molar-refractivity contribution >= 4 is 22.6 Å². The number of carbonyl (C=O) groups is 2. The van der Waals surface area contributed by atoms with E-state index >= 15 is 0 Å². The van der Waals surface area contributed by atoms with Crippen LogP contribution in [0.15, 0.2) is 30.3 Å². The number of hydrogen-bond donors (Lipinski definition) is 1. The number of nitrogens with zero attached hydrogens (tertiary/aromatic N) is 1. The van der Waals surface area contributed by atoms with E-state index in [2.05, 4.69) is 18.8 Å². The van der Waals surface area contributed by atoms with Crippen molar-refractivity contribution in [3.05, 3.63) is 47.0 Å². The van der Waals surface area contributed by atoms with E-state index in [1.165, 1.54) is 0 Å². The van der Waals surface area contributed by atoms with Crippen molar-refractivity contribution < 1.29 is 14.8 Å². The van der Waals surface area contributed by atoms with Crippen LogP contribution in [0.4, 0.5) is 0 Å². The maximum Gasteiger partial charge on any atom is 0.285 e. The Kier molecular flexibility index (Phi) is 3.66. The summed E-state index contributed by atoms with van der Waals surface area (Å²) < 4.78 is 0. The molecular weight excluding hydrogens is 278 g/mol. The summed E-state index contributed by atoms with van der Waals surface area (Å²) in [7, 11) is 0. The van der Waals surface area contributed by atoms with Crippen LogP contribution >= 0.6 is 0 Å². The number of rotatable bonds is 2. The zero-order valence-corrected chi connectivity index (χ0v) is 12.2. The van der Waals surface area contributed by atoms with Gasteiger partial charge in [-0.1, -0.05) is 37.3 Å². The topological polar surface area (TPSA) is 57.6 Å². The predicted molar refractivity (Wildman–Crippen MR) is 82.6 cm³/mol. The minimum absolute atomic E-state index is 0.172. The highest BCUT2D eigenvalue weighted by Gasteiger charge is 2.32. The molecule has 0 unspecified atom stereocenters. The molecule has 1 aliphatic heterocycles. The molecule has 4 heteroatoms. The molecule has 0 spiro atoms. The van der Waals surface area contributed by atoms with Gasteiger partial charge in [0.1, 0.15) is 0 Å². The van der Waals surface area contributed by atoms with Crippen molar-refractivity contribution in [3.63, 3.8) is 0 Å². The Labute approximate surface area is 128 Å².